The molecule has 0 heterocycles. The summed E-state index contributed by atoms with van der Waals surface area (Å²) in [5, 5.41) is 6.02. The van der Waals surface area contributed by atoms with Gasteiger partial charge in [-0.3, -0.25) is 0 Å². The summed E-state index contributed by atoms with van der Waals surface area (Å²) in [6.07, 6.45) is 0. The molecule has 0 bridgehead atoms. The Kier molecular flexibility index (Phi) is 6.82. The topological polar surface area (TPSA) is 50.4 Å². The first-order valence-electron chi connectivity index (χ1n) is 8.40. The standard InChI is InChI=1S/C20H26N2O2/c1-4-24-14-17-12-8-9-13-18(17)21-20(23)22-19(15(2)3)16-10-6-5-7-11-16/h5-13,15,19H,4,14H2,1-3H3,(H2,21,22,23). The molecule has 4 heteroatoms. The number of hydrogen-bond donors (Lipinski definition) is 2. The van der Waals surface area contributed by atoms with Crippen LogP contribution in [0.3, 0.4) is 0 Å². The second-order valence-corrected chi connectivity index (χ2v) is 6.03. The predicted octanol–water partition coefficient (Wildman–Crippen LogP) is 4.74. The zero-order chi connectivity index (χ0) is 17.4. The minimum Gasteiger partial charge on any atom is -0.377 e. The minimum atomic E-state index is -0.207. The number of carbonyl (C=O) groups excluding carboxylic acids is 1. The van der Waals surface area contributed by atoms with Crippen LogP contribution in [0.5, 0.6) is 0 Å². The van der Waals surface area contributed by atoms with E-state index in [-0.39, 0.29) is 18.0 Å². The van der Waals surface area contributed by atoms with Crippen LogP contribution >= 0.6 is 0 Å². The number of benzene rings is 2. The summed E-state index contributed by atoms with van der Waals surface area (Å²) in [7, 11) is 0. The van der Waals surface area contributed by atoms with Gasteiger partial charge in [0.05, 0.1) is 12.6 Å². The predicted molar refractivity (Wildman–Crippen MR) is 97.9 cm³/mol. The molecule has 1 atom stereocenters. The van der Waals surface area contributed by atoms with Crippen LogP contribution in [0.2, 0.25) is 0 Å². The van der Waals surface area contributed by atoms with Crippen LogP contribution in [0.1, 0.15) is 37.9 Å². The van der Waals surface area contributed by atoms with Gasteiger partial charge in [-0.1, -0.05) is 62.4 Å². The summed E-state index contributed by atoms with van der Waals surface area (Å²) in [6, 6.07) is 17.5. The van der Waals surface area contributed by atoms with Crippen LogP contribution < -0.4 is 10.6 Å². The van der Waals surface area contributed by atoms with Crippen molar-refractivity contribution in [2.45, 2.75) is 33.4 Å². The number of hydrogen-bond acceptors (Lipinski definition) is 2. The van der Waals surface area contributed by atoms with Crippen molar-refractivity contribution in [3.8, 4) is 0 Å². The Bertz CT molecular complexity index is 641. The van der Waals surface area contributed by atoms with E-state index in [0.717, 1.165) is 16.8 Å². The van der Waals surface area contributed by atoms with Crippen molar-refractivity contribution in [3.05, 3.63) is 65.7 Å². The van der Waals surface area contributed by atoms with Crippen LogP contribution in [0.25, 0.3) is 0 Å². The number of urea groups is 1. The molecule has 2 aromatic carbocycles. The van der Waals surface area contributed by atoms with Crippen molar-refractivity contribution in [2.24, 2.45) is 5.92 Å². The van der Waals surface area contributed by atoms with Crippen LogP contribution in [0.4, 0.5) is 10.5 Å². The average Bonchev–Trinajstić information content (AvgIpc) is 2.59. The maximum absolute atomic E-state index is 12.5. The van der Waals surface area contributed by atoms with Gasteiger partial charge in [0.15, 0.2) is 0 Å². The minimum absolute atomic E-state index is 0.0368. The number of carbonyl (C=O) groups is 1. The first kappa shape index (κ1) is 18.0. The molecule has 0 aromatic heterocycles. The number of para-hydroxylation sites is 1. The highest BCUT2D eigenvalue weighted by Gasteiger charge is 2.18. The van der Waals surface area contributed by atoms with Gasteiger partial charge >= 0.3 is 6.03 Å². The third-order valence-electron chi connectivity index (χ3n) is 3.84. The molecule has 0 spiro atoms. The lowest BCUT2D eigenvalue weighted by Crippen LogP contribution is -2.35. The molecule has 2 N–H and O–H groups in total. The van der Waals surface area contributed by atoms with Crippen LogP contribution in [-0.4, -0.2) is 12.6 Å². The fourth-order valence-electron chi connectivity index (χ4n) is 2.58. The summed E-state index contributed by atoms with van der Waals surface area (Å²) in [6.45, 7) is 7.28. The molecule has 0 aliphatic rings. The zero-order valence-corrected chi connectivity index (χ0v) is 14.6. The molecule has 0 fully saturated rings. The van der Waals surface area contributed by atoms with Crippen molar-refractivity contribution < 1.29 is 9.53 Å². The van der Waals surface area contributed by atoms with E-state index in [9.17, 15) is 4.79 Å². The van der Waals surface area contributed by atoms with E-state index in [2.05, 4.69) is 24.5 Å². The van der Waals surface area contributed by atoms with E-state index < -0.39 is 0 Å². The van der Waals surface area contributed by atoms with Crippen LogP contribution in [-0.2, 0) is 11.3 Å². The third kappa shape index (κ3) is 5.10. The van der Waals surface area contributed by atoms with E-state index in [4.69, 9.17) is 4.74 Å². The fraction of sp³-hybridized carbons (Fsp3) is 0.350. The molecule has 24 heavy (non-hydrogen) atoms. The lowest BCUT2D eigenvalue weighted by Gasteiger charge is -2.23. The van der Waals surface area contributed by atoms with Gasteiger partial charge in [-0.15, -0.1) is 0 Å². The Balaban J connectivity index is 2.07. The van der Waals surface area contributed by atoms with Crippen LogP contribution in [0.15, 0.2) is 54.6 Å². The van der Waals surface area contributed by atoms with Crippen molar-refractivity contribution in [2.75, 3.05) is 11.9 Å². The van der Waals surface area contributed by atoms with Crippen molar-refractivity contribution in [3.63, 3.8) is 0 Å². The highest BCUT2D eigenvalue weighted by atomic mass is 16.5. The lowest BCUT2D eigenvalue weighted by atomic mass is 9.96. The first-order chi connectivity index (χ1) is 11.6. The third-order valence-corrected chi connectivity index (χ3v) is 3.84. The molecule has 0 saturated carbocycles. The van der Waals surface area contributed by atoms with Gasteiger partial charge in [-0.2, -0.15) is 0 Å². The van der Waals surface area contributed by atoms with Crippen molar-refractivity contribution in [1.82, 2.24) is 5.32 Å². The first-order valence-corrected chi connectivity index (χ1v) is 8.40. The highest BCUT2D eigenvalue weighted by molar-refractivity contribution is 5.90. The normalized spacial score (nSPS) is 12.0. The number of ether oxygens (including phenoxy) is 1. The largest absolute Gasteiger partial charge is 0.377 e. The van der Waals surface area contributed by atoms with Gasteiger partial charge in [0, 0.05) is 17.9 Å². The number of nitrogens with one attached hydrogen (secondary N) is 2. The molecule has 1 unspecified atom stereocenters. The molecule has 2 amide bonds. The van der Waals surface area contributed by atoms with E-state index in [1.54, 1.807) is 0 Å². The summed E-state index contributed by atoms with van der Waals surface area (Å²) in [5.74, 6) is 0.289. The van der Waals surface area contributed by atoms with E-state index in [1.807, 2.05) is 61.5 Å². The molecule has 0 aliphatic carbocycles. The average molecular weight is 326 g/mol. The second-order valence-electron chi connectivity index (χ2n) is 6.03. The molecule has 0 radical (unpaired) electrons. The number of rotatable bonds is 7. The molecular weight excluding hydrogens is 300 g/mol. The summed E-state index contributed by atoms with van der Waals surface area (Å²) >= 11 is 0. The van der Waals surface area contributed by atoms with E-state index in [1.165, 1.54) is 0 Å². The summed E-state index contributed by atoms with van der Waals surface area (Å²) < 4.78 is 5.46. The summed E-state index contributed by atoms with van der Waals surface area (Å²) in [5.41, 5.74) is 2.85. The van der Waals surface area contributed by atoms with Gasteiger partial charge in [-0.05, 0) is 24.5 Å². The summed E-state index contributed by atoms with van der Waals surface area (Å²) in [4.78, 5) is 12.5. The molecule has 2 aromatic rings. The number of amides is 2. The van der Waals surface area contributed by atoms with Gasteiger partial charge in [-0.25, -0.2) is 4.79 Å². The number of anilines is 1. The monoisotopic (exact) mass is 326 g/mol. The quantitative estimate of drug-likeness (QED) is 0.772. The molecule has 128 valence electrons. The second kappa shape index (κ2) is 9.08. The van der Waals surface area contributed by atoms with Crippen LogP contribution in [0, 0.1) is 5.92 Å². The Morgan fingerprint density at radius 2 is 1.71 bits per heavy atom. The Labute approximate surface area is 144 Å². The van der Waals surface area contributed by atoms with Gasteiger partial charge in [0.1, 0.15) is 0 Å². The van der Waals surface area contributed by atoms with E-state index >= 15 is 0 Å². The Morgan fingerprint density at radius 3 is 2.38 bits per heavy atom. The van der Waals surface area contributed by atoms with E-state index in [0.29, 0.717) is 13.2 Å². The lowest BCUT2D eigenvalue weighted by molar-refractivity contribution is 0.134. The SMILES string of the molecule is CCOCc1ccccc1NC(=O)NC(c1ccccc1)C(C)C. The Hall–Kier alpha value is -2.33. The fourth-order valence-corrected chi connectivity index (χ4v) is 2.58. The van der Waals surface area contributed by atoms with Gasteiger partial charge < -0.3 is 15.4 Å². The van der Waals surface area contributed by atoms with Gasteiger partial charge in [0.25, 0.3) is 0 Å². The molecule has 2 rings (SSSR count). The molecule has 4 nitrogen and oxygen atoms in total. The zero-order valence-electron chi connectivity index (χ0n) is 14.6. The smallest absolute Gasteiger partial charge is 0.319 e. The highest BCUT2D eigenvalue weighted by Crippen LogP contribution is 2.22. The Morgan fingerprint density at radius 1 is 1.04 bits per heavy atom. The maximum Gasteiger partial charge on any atom is 0.319 e. The van der Waals surface area contributed by atoms with Gasteiger partial charge in [0.2, 0.25) is 0 Å². The molecular formula is C20H26N2O2. The molecule has 0 saturated heterocycles. The van der Waals surface area contributed by atoms with Crippen molar-refractivity contribution in [1.29, 1.82) is 0 Å². The molecule has 0 aliphatic heterocycles. The maximum atomic E-state index is 12.5. The van der Waals surface area contributed by atoms with Crippen molar-refractivity contribution >= 4 is 11.7 Å².